The molecule has 0 spiro atoms. The molecule has 0 N–H and O–H groups in total. The van der Waals surface area contributed by atoms with Gasteiger partial charge in [-0.15, -0.1) is 0 Å². The van der Waals surface area contributed by atoms with E-state index < -0.39 is 13.5 Å². The molecule has 0 bridgehead atoms. The predicted octanol–water partition coefficient (Wildman–Crippen LogP) is 14.7. The van der Waals surface area contributed by atoms with E-state index in [1.54, 1.807) is 5.57 Å². The van der Waals surface area contributed by atoms with Gasteiger partial charge in [0.05, 0.1) is 11.4 Å². The van der Waals surface area contributed by atoms with Crippen molar-refractivity contribution in [3.05, 3.63) is 117 Å². The van der Waals surface area contributed by atoms with E-state index in [1.807, 2.05) is 36.4 Å². The molecule has 286 valence electrons. The Morgan fingerprint density at radius 1 is 0.623 bits per heavy atom. The molecule has 1 heterocycles. The Morgan fingerprint density at radius 2 is 1.08 bits per heavy atom. The van der Waals surface area contributed by atoms with Crippen LogP contribution in [0.25, 0.3) is 6.08 Å². The van der Waals surface area contributed by atoms with E-state index in [9.17, 15) is 0 Å². The number of aryl methyl sites for hydroxylation is 6. The monoisotopic (exact) mass is 856 g/mol. The molecule has 3 fully saturated rings. The summed E-state index contributed by atoms with van der Waals surface area (Å²) in [6.45, 7) is 13.8. The third kappa shape index (κ3) is 10.1. The summed E-state index contributed by atoms with van der Waals surface area (Å²) in [6.07, 6.45) is 26.9. The summed E-state index contributed by atoms with van der Waals surface area (Å²) in [5.74, 6) is 1.49. The first-order valence-corrected chi connectivity index (χ1v) is 27.1. The molecule has 1 atom stereocenters. The zero-order chi connectivity index (χ0) is 37.5. The summed E-state index contributed by atoms with van der Waals surface area (Å²) in [5.41, 5.74) is 16.7. The van der Waals surface area contributed by atoms with Gasteiger partial charge in [0.25, 0.3) is 0 Å². The van der Waals surface area contributed by atoms with Crippen LogP contribution in [0.15, 0.2) is 78.4 Å². The number of nitrogens with zero attached hydrogens (tertiary/aromatic N) is 2. The third-order valence-electron chi connectivity index (χ3n) is 11.9. The van der Waals surface area contributed by atoms with Crippen LogP contribution >= 0.6 is 27.3 Å². The van der Waals surface area contributed by atoms with Crippen molar-refractivity contribution in [2.75, 3.05) is 9.80 Å². The normalized spacial score (nSPS) is 20.0. The second-order valence-corrected chi connectivity index (χ2v) is 24.4. The fourth-order valence-electron chi connectivity index (χ4n) is 9.96. The predicted molar refractivity (Wildman–Crippen MR) is 233 cm³/mol. The molecular formula is C47H61Cl2N2PRu. The van der Waals surface area contributed by atoms with Gasteiger partial charge in [-0.2, -0.15) is 0 Å². The Morgan fingerprint density at radius 3 is 1.53 bits per heavy atom. The van der Waals surface area contributed by atoms with E-state index in [1.165, 1.54) is 140 Å². The number of anilines is 2. The van der Waals surface area contributed by atoms with E-state index in [-0.39, 0.29) is 7.92 Å². The average molecular weight is 857 g/mol. The summed E-state index contributed by atoms with van der Waals surface area (Å²) in [5, 5.41) is 0. The van der Waals surface area contributed by atoms with E-state index in [4.69, 9.17) is 19.4 Å². The number of rotatable bonds is 6. The average Bonchev–Trinajstić information content (AvgIpc) is 3.55. The van der Waals surface area contributed by atoms with Gasteiger partial charge in [0.2, 0.25) is 0 Å². The van der Waals surface area contributed by atoms with E-state index in [0.717, 1.165) is 22.5 Å². The van der Waals surface area contributed by atoms with E-state index >= 15 is 0 Å². The van der Waals surface area contributed by atoms with Gasteiger partial charge in [0.15, 0.2) is 0 Å². The van der Waals surface area contributed by atoms with Crippen LogP contribution in [0.4, 0.5) is 11.4 Å². The Hall–Kier alpha value is -1.98. The molecule has 3 aromatic rings. The van der Waals surface area contributed by atoms with Crippen molar-refractivity contribution in [2.24, 2.45) is 0 Å². The SMILES string of the molecule is Cc1cc(C)c(N2C=CN(c3c(C)cc(C)cc3C)C2=C2CCCCC2P(C2CCCCC2)C2CCCCC2)c(C)c1.[Cl][Ru]([Cl])=[C]=Cc1ccccc1. The van der Waals surface area contributed by atoms with Gasteiger partial charge in [-0.05, 0) is 126 Å². The summed E-state index contributed by atoms with van der Waals surface area (Å²) in [7, 11) is 11.2. The van der Waals surface area contributed by atoms with Crippen molar-refractivity contribution >= 4 is 49.0 Å². The summed E-state index contributed by atoms with van der Waals surface area (Å²) in [6, 6.07) is 19.4. The molecule has 0 saturated heterocycles. The molecule has 0 radical (unpaired) electrons. The first kappa shape index (κ1) is 40.7. The van der Waals surface area contributed by atoms with Crippen LogP contribution in [0.3, 0.4) is 0 Å². The maximum atomic E-state index is 5.59. The molecule has 3 saturated carbocycles. The van der Waals surface area contributed by atoms with Crippen molar-refractivity contribution < 1.29 is 13.5 Å². The van der Waals surface area contributed by atoms with Gasteiger partial charge < -0.3 is 9.80 Å². The van der Waals surface area contributed by atoms with Gasteiger partial charge >= 0.3 is 79.1 Å². The molecule has 6 heteroatoms. The van der Waals surface area contributed by atoms with Gasteiger partial charge in [-0.3, -0.25) is 0 Å². The van der Waals surface area contributed by atoms with Crippen LogP contribution in [0.1, 0.15) is 129 Å². The van der Waals surface area contributed by atoms with Crippen LogP contribution in [-0.2, 0) is 13.5 Å². The van der Waals surface area contributed by atoms with Crippen molar-refractivity contribution in [2.45, 2.75) is 148 Å². The van der Waals surface area contributed by atoms with Crippen LogP contribution in [0.5, 0.6) is 0 Å². The van der Waals surface area contributed by atoms with Gasteiger partial charge in [0, 0.05) is 18.1 Å². The quantitative estimate of drug-likeness (QED) is 0.180. The number of halogens is 2. The molecule has 4 aliphatic rings. The minimum atomic E-state index is -1.74. The van der Waals surface area contributed by atoms with Gasteiger partial charge in [-0.1, -0.05) is 88.3 Å². The van der Waals surface area contributed by atoms with Crippen LogP contribution in [-0.4, -0.2) is 21.2 Å². The first-order valence-electron chi connectivity index (χ1n) is 20.2. The maximum absolute atomic E-state index is 5.59. The molecule has 1 aliphatic heterocycles. The molecule has 0 amide bonds. The number of benzene rings is 3. The Balaban J connectivity index is 0.000000376. The number of allylic oxidation sites excluding steroid dienone is 1. The Labute approximate surface area is 336 Å². The minimum absolute atomic E-state index is 0.0264. The van der Waals surface area contributed by atoms with Gasteiger partial charge in [0.1, 0.15) is 5.82 Å². The molecule has 2 nitrogen and oxygen atoms in total. The number of hydrogen-bond acceptors (Lipinski definition) is 2. The fraction of sp³-hybridized carbons (Fsp3) is 0.489. The first-order chi connectivity index (χ1) is 25.6. The zero-order valence-corrected chi connectivity index (χ0v) is 37.2. The molecule has 0 aromatic heterocycles. The van der Waals surface area contributed by atoms with Crippen molar-refractivity contribution in [3.8, 4) is 0 Å². The van der Waals surface area contributed by atoms with Crippen LogP contribution in [0.2, 0.25) is 0 Å². The van der Waals surface area contributed by atoms with Gasteiger partial charge in [-0.25, -0.2) is 0 Å². The van der Waals surface area contributed by atoms with E-state index in [2.05, 4.69) is 92.3 Å². The van der Waals surface area contributed by atoms with Crippen molar-refractivity contribution in [1.29, 1.82) is 0 Å². The number of hydrogen-bond donors (Lipinski definition) is 0. The molecule has 1 unspecified atom stereocenters. The molecule has 7 rings (SSSR count). The third-order valence-corrected chi connectivity index (χ3v) is 17.4. The van der Waals surface area contributed by atoms with Crippen molar-refractivity contribution in [3.63, 3.8) is 0 Å². The summed E-state index contributed by atoms with van der Waals surface area (Å²) >= 11 is -1.74. The topological polar surface area (TPSA) is 6.48 Å². The second-order valence-electron chi connectivity index (χ2n) is 16.0. The van der Waals surface area contributed by atoms with Crippen molar-refractivity contribution in [1.82, 2.24) is 0 Å². The second kappa shape index (κ2) is 19.3. The molecule has 53 heavy (non-hydrogen) atoms. The zero-order valence-electron chi connectivity index (χ0n) is 33.0. The summed E-state index contributed by atoms with van der Waals surface area (Å²) in [4.78, 5) is 5.26. The molecule has 3 aromatic carbocycles. The van der Waals surface area contributed by atoms with Crippen LogP contribution < -0.4 is 9.80 Å². The van der Waals surface area contributed by atoms with E-state index in [0.29, 0.717) is 0 Å². The molecular weight excluding hydrogens is 795 g/mol. The fourth-order valence-corrected chi connectivity index (χ4v) is 15.5. The Bertz CT molecular complexity index is 1710. The van der Waals surface area contributed by atoms with Crippen LogP contribution in [0, 0.1) is 41.5 Å². The Kier molecular flexibility index (Phi) is 14.8. The summed E-state index contributed by atoms with van der Waals surface area (Å²) < 4.78 is 2.91. The standard InChI is InChI=1S/C39H55N2P.C8H6.2ClH.Ru/c1-27-23-29(3)37(30(4)24-27)40-21-22-41(38-31(5)25-28(2)26-32(38)6)39(40)35-19-13-14-20-36(35)42(33-15-9-7-10-16-33)34-17-11-8-12-18-34;1-2-8-6-4-3-5-7-8;;;/h21-26,33-34,36H,7-20H2,1-6H3;2-7H;2*1H;/q;;;;+2/p-2. The molecule has 3 aliphatic carbocycles.